The summed E-state index contributed by atoms with van der Waals surface area (Å²) in [5.41, 5.74) is 3.09. The van der Waals surface area contributed by atoms with E-state index >= 15 is 0 Å². The van der Waals surface area contributed by atoms with Crippen LogP contribution in [-0.2, 0) is 13.0 Å². The molecule has 6 heteroatoms. The second kappa shape index (κ2) is 5.79. The molecule has 6 nitrogen and oxygen atoms in total. The number of hydrogen-bond donors (Lipinski definition) is 1. The first kappa shape index (κ1) is 13.9. The van der Waals surface area contributed by atoms with E-state index in [1.807, 2.05) is 18.2 Å². The predicted octanol–water partition coefficient (Wildman–Crippen LogP) is 2.81. The van der Waals surface area contributed by atoms with E-state index in [9.17, 15) is 4.79 Å². The van der Waals surface area contributed by atoms with E-state index in [2.05, 4.69) is 19.9 Å². The number of aromatic nitrogens is 4. The number of nitrogens with one attached hydrogen (secondary N) is 1. The lowest BCUT2D eigenvalue weighted by Crippen LogP contribution is -2.13. The number of carbonyl (C=O) groups is 1. The van der Waals surface area contributed by atoms with E-state index in [4.69, 9.17) is 4.98 Å². The number of rotatable bonds is 2. The van der Waals surface area contributed by atoms with Crippen molar-refractivity contribution in [3.63, 3.8) is 0 Å². The molecule has 0 atom stereocenters. The Labute approximate surface area is 133 Å². The largest absolute Gasteiger partial charge is 0.328 e. The van der Waals surface area contributed by atoms with Gasteiger partial charge in [0.15, 0.2) is 0 Å². The second-order valence-electron chi connectivity index (χ2n) is 5.74. The number of carbonyl (C=O) groups excluding carboxylic acids is 1. The molecule has 1 aromatic carbocycles. The van der Waals surface area contributed by atoms with Crippen LogP contribution < -0.4 is 5.32 Å². The van der Waals surface area contributed by atoms with Gasteiger partial charge in [0.1, 0.15) is 11.5 Å². The highest BCUT2D eigenvalue weighted by atomic mass is 16.1. The summed E-state index contributed by atoms with van der Waals surface area (Å²) in [5.74, 6) is 0.883. The number of anilines is 1. The van der Waals surface area contributed by atoms with Gasteiger partial charge in [-0.3, -0.25) is 9.78 Å². The Morgan fingerprint density at radius 2 is 2.13 bits per heavy atom. The lowest BCUT2D eigenvalue weighted by Gasteiger charge is -2.06. The fourth-order valence-corrected chi connectivity index (χ4v) is 3.04. The minimum Gasteiger partial charge on any atom is -0.328 e. The fraction of sp³-hybridized carbons (Fsp3) is 0.294. The van der Waals surface area contributed by atoms with Crippen LogP contribution >= 0.6 is 0 Å². The zero-order chi connectivity index (χ0) is 15.6. The number of imidazole rings is 1. The van der Waals surface area contributed by atoms with Gasteiger partial charge in [0, 0.05) is 31.0 Å². The third-order valence-corrected chi connectivity index (χ3v) is 4.16. The van der Waals surface area contributed by atoms with Crippen molar-refractivity contribution in [3.05, 3.63) is 48.3 Å². The molecule has 0 unspecified atom stereocenters. The molecule has 1 aliphatic heterocycles. The van der Waals surface area contributed by atoms with Gasteiger partial charge in [-0.05, 0) is 31.0 Å². The van der Waals surface area contributed by atoms with Gasteiger partial charge in [-0.2, -0.15) is 0 Å². The standard InChI is InChI=1S/C17H17N5O/c23-17(14-11-18-7-8-19-14)20-12-5-6-15-13(10-12)21-16-4-2-1-3-9-22(15)16/h5-8,10-11H,1-4,9H2,(H,20,23). The van der Waals surface area contributed by atoms with Gasteiger partial charge in [-0.1, -0.05) is 6.42 Å². The number of benzene rings is 1. The van der Waals surface area contributed by atoms with Crippen molar-refractivity contribution in [1.82, 2.24) is 19.5 Å². The molecule has 0 radical (unpaired) electrons. The summed E-state index contributed by atoms with van der Waals surface area (Å²) in [7, 11) is 0. The molecule has 0 bridgehead atoms. The lowest BCUT2D eigenvalue weighted by molar-refractivity contribution is 0.102. The highest BCUT2D eigenvalue weighted by molar-refractivity contribution is 6.03. The monoisotopic (exact) mass is 307 g/mol. The molecule has 1 N–H and O–H groups in total. The third kappa shape index (κ3) is 2.67. The summed E-state index contributed by atoms with van der Waals surface area (Å²) in [6, 6.07) is 5.87. The topological polar surface area (TPSA) is 72.7 Å². The summed E-state index contributed by atoms with van der Waals surface area (Å²) >= 11 is 0. The highest BCUT2D eigenvalue weighted by Gasteiger charge is 2.14. The molecule has 3 aromatic rings. The van der Waals surface area contributed by atoms with E-state index in [1.54, 1.807) is 6.20 Å². The average molecular weight is 307 g/mol. The summed E-state index contributed by atoms with van der Waals surface area (Å²) in [4.78, 5) is 24.8. The van der Waals surface area contributed by atoms with Crippen LogP contribution in [0.4, 0.5) is 5.69 Å². The minimum atomic E-state index is -0.266. The first-order valence-electron chi connectivity index (χ1n) is 7.88. The number of hydrogen-bond acceptors (Lipinski definition) is 4. The van der Waals surface area contributed by atoms with Crippen molar-refractivity contribution < 1.29 is 4.79 Å². The lowest BCUT2D eigenvalue weighted by atomic mass is 10.2. The van der Waals surface area contributed by atoms with Crippen LogP contribution in [0.1, 0.15) is 35.6 Å². The molecule has 0 saturated carbocycles. The Balaban J connectivity index is 1.63. The van der Waals surface area contributed by atoms with E-state index < -0.39 is 0 Å². The van der Waals surface area contributed by atoms with Gasteiger partial charge in [0.2, 0.25) is 0 Å². The zero-order valence-electron chi connectivity index (χ0n) is 12.7. The van der Waals surface area contributed by atoms with Crippen LogP contribution in [0.2, 0.25) is 0 Å². The molecule has 0 saturated heterocycles. The third-order valence-electron chi connectivity index (χ3n) is 4.16. The zero-order valence-corrected chi connectivity index (χ0v) is 12.7. The molecule has 23 heavy (non-hydrogen) atoms. The predicted molar refractivity (Wildman–Crippen MR) is 87.3 cm³/mol. The van der Waals surface area contributed by atoms with Gasteiger partial charge < -0.3 is 9.88 Å². The van der Waals surface area contributed by atoms with Crippen LogP contribution in [0.15, 0.2) is 36.8 Å². The molecule has 4 rings (SSSR count). The Bertz CT molecular complexity index is 856. The molecule has 1 aliphatic rings. The molecule has 3 heterocycles. The molecule has 0 aliphatic carbocycles. The SMILES string of the molecule is O=C(Nc1ccc2c(c1)nc1n2CCCCC1)c1cnccn1. The number of nitrogens with zero attached hydrogens (tertiary/aromatic N) is 4. The van der Waals surface area contributed by atoms with Crippen molar-refractivity contribution >= 4 is 22.6 Å². The van der Waals surface area contributed by atoms with Gasteiger partial charge >= 0.3 is 0 Å². The van der Waals surface area contributed by atoms with Gasteiger partial charge in [0.05, 0.1) is 17.2 Å². The highest BCUT2D eigenvalue weighted by Crippen LogP contribution is 2.24. The Kier molecular flexibility index (Phi) is 3.49. The smallest absolute Gasteiger partial charge is 0.275 e. The summed E-state index contributed by atoms with van der Waals surface area (Å²) < 4.78 is 2.30. The van der Waals surface area contributed by atoms with E-state index in [-0.39, 0.29) is 5.91 Å². The minimum absolute atomic E-state index is 0.266. The molecular weight excluding hydrogens is 290 g/mol. The maximum Gasteiger partial charge on any atom is 0.275 e. The van der Waals surface area contributed by atoms with Crippen molar-refractivity contribution in [2.45, 2.75) is 32.2 Å². The van der Waals surface area contributed by atoms with Crippen LogP contribution in [0.25, 0.3) is 11.0 Å². The number of aryl methyl sites for hydroxylation is 2. The normalized spacial score (nSPS) is 14.3. The Morgan fingerprint density at radius 1 is 1.17 bits per heavy atom. The maximum absolute atomic E-state index is 12.2. The van der Waals surface area contributed by atoms with Crippen LogP contribution in [0.3, 0.4) is 0 Å². The van der Waals surface area contributed by atoms with Crippen LogP contribution in [-0.4, -0.2) is 25.4 Å². The fourth-order valence-electron chi connectivity index (χ4n) is 3.04. The van der Waals surface area contributed by atoms with E-state index in [0.717, 1.165) is 35.5 Å². The molecular formula is C17H17N5O. The second-order valence-corrected chi connectivity index (χ2v) is 5.74. The quantitative estimate of drug-likeness (QED) is 0.790. The van der Waals surface area contributed by atoms with Crippen molar-refractivity contribution in [3.8, 4) is 0 Å². The Hall–Kier alpha value is -2.76. The van der Waals surface area contributed by atoms with Crippen molar-refractivity contribution in [2.24, 2.45) is 0 Å². The van der Waals surface area contributed by atoms with E-state index in [1.165, 1.54) is 31.7 Å². The Morgan fingerprint density at radius 3 is 3.00 bits per heavy atom. The van der Waals surface area contributed by atoms with Crippen molar-refractivity contribution in [1.29, 1.82) is 0 Å². The maximum atomic E-state index is 12.2. The number of fused-ring (bicyclic) bond motifs is 3. The van der Waals surface area contributed by atoms with Crippen LogP contribution in [0.5, 0.6) is 0 Å². The molecule has 1 amide bonds. The molecule has 0 spiro atoms. The van der Waals surface area contributed by atoms with Gasteiger partial charge in [-0.25, -0.2) is 9.97 Å². The average Bonchev–Trinajstić information content (AvgIpc) is 2.76. The van der Waals surface area contributed by atoms with E-state index in [0.29, 0.717) is 5.69 Å². The molecule has 116 valence electrons. The molecule has 0 fully saturated rings. The molecule has 2 aromatic heterocycles. The summed E-state index contributed by atoms with van der Waals surface area (Å²) in [5, 5.41) is 2.85. The van der Waals surface area contributed by atoms with Crippen molar-refractivity contribution in [2.75, 3.05) is 5.32 Å². The first-order chi connectivity index (χ1) is 11.3. The van der Waals surface area contributed by atoms with Crippen LogP contribution in [0, 0.1) is 0 Å². The summed E-state index contributed by atoms with van der Waals surface area (Å²) in [6.45, 7) is 1.02. The number of amides is 1. The first-order valence-corrected chi connectivity index (χ1v) is 7.88. The van der Waals surface area contributed by atoms with Gasteiger partial charge in [-0.15, -0.1) is 0 Å². The summed E-state index contributed by atoms with van der Waals surface area (Å²) in [6.07, 6.45) is 9.18. The van der Waals surface area contributed by atoms with Gasteiger partial charge in [0.25, 0.3) is 5.91 Å².